The van der Waals surface area contributed by atoms with E-state index in [9.17, 15) is 9.59 Å². The van der Waals surface area contributed by atoms with Crippen molar-refractivity contribution in [2.45, 2.75) is 32.5 Å². The number of hydrogen-bond acceptors (Lipinski definition) is 5. The summed E-state index contributed by atoms with van der Waals surface area (Å²) in [5, 5.41) is 8.17. The van der Waals surface area contributed by atoms with Crippen molar-refractivity contribution < 1.29 is 14.3 Å². The Morgan fingerprint density at radius 3 is 2.37 bits per heavy atom. The second-order valence-electron chi connectivity index (χ2n) is 7.25. The quantitative estimate of drug-likeness (QED) is 0.592. The summed E-state index contributed by atoms with van der Waals surface area (Å²) in [5.74, 6) is 0.670. The van der Waals surface area contributed by atoms with Crippen LogP contribution in [0.25, 0.3) is 0 Å². The lowest BCUT2D eigenvalue weighted by atomic mass is 10.2. The number of aromatic nitrogens is 1. The largest absolute Gasteiger partial charge is 0.372 e. The Balaban J connectivity index is 1.40. The van der Waals surface area contributed by atoms with Crippen LogP contribution in [0, 0.1) is 0 Å². The van der Waals surface area contributed by atoms with Gasteiger partial charge in [0.1, 0.15) is 5.82 Å². The highest BCUT2D eigenvalue weighted by atomic mass is 79.9. The number of morpholine rings is 1. The van der Waals surface area contributed by atoms with Crippen molar-refractivity contribution in [2.24, 2.45) is 0 Å². The predicted octanol–water partition coefficient (Wildman–Crippen LogP) is 3.61. The Bertz CT molecular complexity index is 850. The highest BCUT2D eigenvalue weighted by Crippen LogP contribution is 2.19. The van der Waals surface area contributed by atoms with Crippen molar-refractivity contribution in [3.63, 3.8) is 0 Å². The van der Waals surface area contributed by atoms with Crippen LogP contribution < -0.4 is 20.9 Å². The number of rotatable bonds is 6. The highest BCUT2D eigenvalue weighted by molar-refractivity contribution is 9.10. The molecule has 0 spiro atoms. The Hall–Kier alpha value is -2.65. The first-order chi connectivity index (χ1) is 14.4. The number of urea groups is 1. The Morgan fingerprint density at radius 1 is 1.07 bits per heavy atom. The number of hydrogen-bond donors (Lipinski definition) is 3. The first kappa shape index (κ1) is 22.0. The van der Waals surface area contributed by atoms with Gasteiger partial charge in [-0.05, 0) is 50.2 Å². The Labute approximate surface area is 184 Å². The molecule has 2 unspecified atom stereocenters. The molecule has 0 aliphatic carbocycles. The number of carbonyl (C=O) groups is 2. The fraction of sp³-hybridized carbons (Fsp3) is 0.381. The molecule has 1 aromatic heterocycles. The van der Waals surface area contributed by atoms with Crippen LogP contribution in [0.15, 0.2) is 47.1 Å². The van der Waals surface area contributed by atoms with E-state index in [0.29, 0.717) is 11.4 Å². The molecule has 2 atom stereocenters. The van der Waals surface area contributed by atoms with Crippen molar-refractivity contribution in [2.75, 3.05) is 35.2 Å². The van der Waals surface area contributed by atoms with Gasteiger partial charge in [0.25, 0.3) is 0 Å². The van der Waals surface area contributed by atoms with Gasteiger partial charge in [-0.25, -0.2) is 9.78 Å². The Kier molecular flexibility index (Phi) is 7.64. The van der Waals surface area contributed by atoms with Crippen molar-refractivity contribution in [3.8, 4) is 0 Å². The molecule has 2 heterocycles. The summed E-state index contributed by atoms with van der Waals surface area (Å²) in [7, 11) is 0. The first-order valence-corrected chi connectivity index (χ1v) is 10.6. The molecule has 3 N–H and O–H groups in total. The smallest absolute Gasteiger partial charge is 0.319 e. The molecule has 9 heteroatoms. The average Bonchev–Trinajstić information content (AvgIpc) is 2.69. The van der Waals surface area contributed by atoms with E-state index in [1.54, 1.807) is 18.3 Å². The Morgan fingerprint density at radius 2 is 1.73 bits per heavy atom. The fourth-order valence-electron chi connectivity index (χ4n) is 3.23. The van der Waals surface area contributed by atoms with Gasteiger partial charge in [-0.3, -0.25) is 4.79 Å². The number of carbonyl (C=O) groups excluding carboxylic acids is 2. The van der Waals surface area contributed by atoms with Crippen LogP contribution in [-0.2, 0) is 9.53 Å². The van der Waals surface area contributed by atoms with E-state index in [1.165, 1.54) is 0 Å². The molecule has 2 aromatic rings. The lowest BCUT2D eigenvalue weighted by Gasteiger charge is -2.36. The zero-order valence-corrected chi connectivity index (χ0v) is 18.6. The number of ether oxygens (including phenoxy) is 1. The molecule has 1 aliphatic rings. The molecule has 0 bridgehead atoms. The summed E-state index contributed by atoms with van der Waals surface area (Å²) < 4.78 is 6.68. The molecular weight excluding hydrogens is 450 g/mol. The maximum Gasteiger partial charge on any atom is 0.319 e. The minimum Gasteiger partial charge on any atom is -0.372 e. The maximum absolute atomic E-state index is 12.1. The lowest BCUT2D eigenvalue weighted by Crippen LogP contribution is -2.45. The van der Waals surface area contributed by atoms with Gasteiger partial charge < -0.3 is 25.6 Å². The van der Waals surface area contributed by atoms with Crippen LogP contribution in [0.4, 0.5) is 22.0 Å². The first-order valence-electron chi connectivity index (χ1n) is 9.86. The molecule has 1 aliphatic heterocycles. The van der Waals surface area contributed by atoms with Crippen molar-refractivity contribution >= 4 is 45.1 Å². The number of nitrogens with one attached hydrogen (secondary N) is 3. The number of halogens is 1. The standard InChI is InChI=1S/C21H26BrN5O3/c1-14-12-27(13-15(2)30-14)19-8-7-18(11-24-19)25-20(28)9-10-23-21(29)26-17-5-3-16(22)4-6-17/h3-8,11,14-15H,9-10,12-13H2,1-2H3,(H,25,28)(H2,23,26,29). The molecule has 30 heavy (non-hydrogen) atoms. The molecular formula is C21H26BrN5O3. The van der Waals surface area contributed by atoms with Crippen LogP contribution in [-0.4, -0.2) is 48.8 Å². The molecule has 0 radical (unpaired) electrons. The molecule has 160 valence electrons. The molecule has 3 rings (SSSR count). The minimum atomic E-state index is -0.356. The minimum absolute atomic E-state index is 0.156. The zero-order valence-electron chi connectivity index (χ0n) is 17.0. The van der Waals surface area contributed by atoms with Gasteiger partial charge in [0.05, 0.1) is 24.1 Å². The second-order valence-corrected chi connectivity index (χ2v) is 8.17. The number of anilines is 3. The van der Waals surface area contributed by atoms with Gasteiger partial charge in [-0.15, -0.1) is 0 Å². The van der Waals surface area contributed by atoms with Gasteiger partial charge in [-0.2, -0.15) is 0 Å². The monoisotopic (exact) mass is 475 g/mol. The summed E-state index contributed by atoms with van der Waals surface area (Å²) in [6.07, 6.45) is 2.12. The van der Waals surface area contributed by atoms with Crippen LogP contribution in [0.1, 0.15) is 20.3 Å². The fourth-order valence-corrected chi connectivity index (χ4v) is 3.50. The number of amides is 3. The van der Waals surface area contributed by atoms with E-state index in [4.69, 9.17) is 4.74 Å². The van der Waals surface area contributed by atoms with Crippen molar-refractivity contribution in [1.29, 1.82) is 0 Å². The van der Waals surface area contributed by atoms with Gasteiger partial charge in [0.15, 0.2) is 0 Å². The third-order valence-corrected chi connectivity index (χ3v) is 5.04. The third kappa shape index (κ3) is 6.70. The van der Waals surface area contributed by atoms with Crippen LogP contribution in [0.5, 0.6) is 0 Å². The summed E-state index contributed by atoms with van der Waals surface area (Å²) in [4.78, 5) is 30.6. The lowest BCUT2D eigenvalue weighted by molar-refractivity contribution is -0.116. The van der Waals surface area contributed by atoms with Crippen molar-refractivity contribution in [3.05, 3.63) is 47.1 Å². The van der Waals surface area contributed by atoms with Crippen LogP contribution in [0.3, 0.4) is 0 Å². The van der Waals surface area contributed by atoms with Crippen molar-refractivity contribution in [1.82, 2.24) is 10.3 Å². The third-order valence-electron chi connectivity index (χ3n) is 4.51. The summed E-state index contributed by atoms with van der Waals surface area (Å²) in [5.41, 5.74) is 1.30. The molecule has 8 nitrogen and oxygen atoms in total. The average molecular weight is 476 g/mol. The van der Waals surface area contributed by atoms with E-state index in [0.717, 1.165) is 23.4 Å². The van der Waals surface area contributed by atoms with Gasteiger partial charge in [-0.1, -0.05) is 15.9 Å². The molecule has 1 saturated heterocycles. The molecule has 1 aromatic carbocycles. The predicted molar refractivity (Wildman–Crippen MR) is 121 cm³/mol. The van der Waals surface area contributed by atoms with Crippen LogP contribution >= 0.6 is 15.9 Å². The molecule has 1 fully saturated rings. The molecule has 0 saturated carbocycles. The number of pyridine rings is 1. The summed E-state index contributed by atoms with van der Waals surface area (Å²) >= 11 is 3.34. The summed E-state index contributed by atoms with van der Waals surface area (Å²) in [6, 6.07) is 10.6. The highest BCUT2D eigenvalue weighted by Gasteiger charge is 2.23. The van der Waals surface area contributed by atoms with Gasteiger partial charge in [0, 0.05) is 36.2 Å². The number of benzene rings is 1. The number of nitrogens with zero attached hydrogens (tertiary/aromatic N) is 2. The zero-order chi connectivity index (χ0) is 21.5. The maximum atomic E-state index is 12.1. The normalized spacial score (nSPS) is 18.6. The van der Waals surface area contributed by atoms with E-state index >= 15 is 0 Å². The van der Waals surface area contributed by atoms with Crippen LogP contribution in [0.2, 0.25) is 0 Å². The molecule has 3 amide bonds. The SMILES string of the molecule is CC1CN(c2ccc(NC(=O)CCNC(=O)Nc3ccc(Br)cc3)cn2)CC(C)O1. The van der Waals surface area contributed by atoms with E-state index in [1.807, 2.05) is 38.1 Å². The van der Waals surface area contributed by atoms with Gasteiger partial charge >= 0.3 is 6.03 Å². The topological polar surface area (TPSA) is 95.6 Å². The van der Waals surface area contributed by atoms with E-state index in [-0.39, 0.29) is 37.1 Å². The van der Waals surface area contributed by atoms with E-state index in [2.05, 4.69) is 41.8 Å². The summed E-state index contributed by atoms with van der Waals surface area (Å²) in [6.45, 7) is 5.90. The second kappa shape index (κ2) is 10.4. The van der Waals surface area contributed by atoms with E-state index < -0.39 is 0 Å². The van der Waals surface area contributed by atoms with Gasteiger partial charge in [0.2, 0.25) is 5.91 Å².